The molecule has 0 radical (unpaired) electrons. The van der Waals surface area contributed by atoms with Gasteiger partial charge in [0.1, 0.15) is 19.3 Å². The molecule has 0 rings (SSSR count). The summed E-state index contributed by atoms with van der Waals surface area (Å²) in [5.41, 5.74) is 0. The van der Waals surface area contributed by atoms with E-state index in [0.29, 0.717) is 32.1 Å². The molecular formula is C85H146O17P2. The number of hydrogen-bond donors (Lipinski definition) is 3. The minimum atomic E-state index is -5.00. The highest BCUT2D eigenvalue weighted by Gasteiger charge is 2.30. The lowest BCUT2D eigenvalue weighted by Crippen LogP contribution is -2.30. The quantitative estimate of drug-likeness (QED) is 0.0169. The molecule has 0 bridgehead atoms. The zero-order valence-electron chi connectivity index (χ0n) is 65.4. The number of hydrogen-bond acceptors (Lipinski definition) is 15. The fraction of sp³-hybridized carbons (Fsp3) is 0.718. The Labute approximate surface area is 632 Å². The van der Waals surface area contributed by atoms with E-state index in [-0.39, 0.29) is 25.7 Å². The molecule has 0 saturated carbocycles. The molecule has 0 saturated heterocycles. The van der Waals surface area contributed by atoms with Gasteiger partial charge in [0.15, 0.2) is 12.2 Å². The van der Waals surface area contributed by atoms with Gasteiger partial charge in [-0.3, -0.25) is 37.3 Å². The van der Waals surface area contributed by atoms with Gasteiger partial charge in [0.2, 0.25) is 0 Å². The van der Waals surface area contributed by atoms with E-state index in [1.165, 1.54) is 103 Å². The smallest absolute Gasteiger partial charge is 0.462 e. The highest BCUT2D eigenvalue weighted by molar-refractivity contribution is 7.47. The van der Waals surface area contributed by atoms with Crippen molar-refractivity contribution in [2.24, 2.45) is 0 Å². The number of allylic oxidation sites excluding steroid dienone is 20. The third kappa shape index (κ3) is 75.7. The highest BCUT2D eigenvalue weighted by atomic mass is 31.2. The molecule has 0 aliphatic heterocycles. The van der Waals surface area contributed by atoms with Crippen LogP contribution >= 0.6 is 15.6 Å². The van der Waals surface area contributed by atoms with Crippen LogP contribution in [0.3, 0.4) is 0 Å². The van der Waals surface area contributed by atoms with Gasteiger partial charge in [-0.15, -0.1) is 0 Å². The second-order valence-corrected chi connectivity index (χ2v) is 29.9. The van der Waals surface area contributed by atoms with Crippen molar-refractivity contribution in [2.75, 3.05) is 39.6 Å². The molecule has 2 unspecified atom stereocenters. The van der Waals surface area contributed by atoms with Gasteiger partial charge in [-0.2, -0.15) is 0 Å². The van der Waals surface area contributed by atoms with Crippen molar-refractivity contribution < 1.29 is 80.2 Å². The van der Waals surface area contributed by atoms with Crippen LogP contribution in [0, 0.1) is 0 Å². The zero-order valence-corrected chi connectivity index (χ0v) is 67.2. The average Bonchev–Trinajstić information content (AvgIpc) is 0.918. The monoisotopic (exact) mass is 1500 g/mol. The first-order chi connectivity index (χ1) is 50.7. The van der Waals surface area contributed by atoms with Gasteiger partial charge < -0.3 is 33.8 Å². The topological polar surface area (TPSA) is 237 Å². The van der Waals surface area contributed by atoms with Gasteiger partial charge in [0.05, 0.1) is 26.4 Å². The SMILES string of the molecule is CC/C=C\C/C=C\C/C=C\C/C=C\C/C=C\C/C=C\CCC(=O)OC[C@H](COP(=O)(O)OC[C@@H](O)COP(=O)(O)OC[C@@H](COC(=O)CCCCCCC/C=C\C/C=C\CCCCC)OC(=O)CCCCCCCCCCCCCCCCC)OC(=O)CCCCCCC/C=C\C/C=C\CCCCC. The molecule has 0 heterocycles. The summed E-state index contributed by atoms with van der Waals surface area (Å²) >= 11 is 0. The maximum Gasteiger partial charge on any atom is 0.472 e. The van der Waals surface area contributed by atoms with Crippen LogP contribution in [-0.4, -0.2) is 96.7 Å². The van der Waals surface area contributed by atoms with E-state index >= 15 is 0 Å². The number of esters is 4. The first-order valence-electron chi connectivity index (χ1n) is 40.8. The summed E-state index contributed by atoms with van der Waals surface area (Å²) < 4.78 is 68.6. The van der Waals surface area contributed by atoms with Crippen LogP contribution in [0.15, 0.2) is 122 Å². The average molecular weight is 1500 g/mol. The molecule has 3 N–H and O–H groups in total. The first kappa shape index (κ1) is 99.5. The van der Waals surface area contributed by atoms with E-state index in [4.69, 9.17) is 37.0 Å². The molecule has 17 nitrogen and oxygen atoms in total. The molecule has 598 valence electrons. The molecular weight excluding hydrogens is 1350 g/mol. The van der Waals surface area contributed by atoms with Gasteiger partial charge >= 0.3 is 39.5 Å². The molecule has 0 amide bonds. The number of aliphatic hydroxyl groups excluding tert-OH is 1. The molecule has 19 heteroatoms. The van der Waals surface area contributed by atoms with Gasteiger partial charge in [-0.05, 0) is 128 Å². The Hall–Kier alpha value is -4.54. The Bertz CT molecular complexity index is 2440. The van der Waals surface area contributed by atoms with Gasteiger partial charge in [-0.1, -0.05) is 303 Å². The minimum absolute atomic E-state index is 0.0312. The molecule has 0 aromatic carbocycles. The number of aliphatic hydroxyl groups is 1. The second kappa shape index (κ2) is 76.6. The van der Waals surface area contributed by atoms with Crippen LogP contribution in [0.2, 0.25) is 0 Å². The van der Waals surface area contributed by atoms with E-state index < -0.39 is 97.5 Å². The largest absolute Gasteiger partial charge is 0.472 e. The molecule has 0 spiro atoms. The van der Waals surface area contributed by atoms with E-state index in [2.05, 4.69) is 131 Å². The maximum absolute atomic E-state index is 13.1. The number of phosphoric ester groups is 2. The van der Waals surface area contributed by atoms with Crippen molar-refractivity contribution in [3.8, 4) is 0 Å². The Balaban J connectivity index is 5.44. The summed E-state index contributed by atoms with van der Waals surface area (Å²) in [6.07, 6.45) is 84.7. The van der Waals surface area contributed by atoms with Gasteiger partial charge in [0, 0.05) is 25.7 Å². The van der Waals surface area contributed by atoms with Crippen LogP contribution in [0.25, 0.3) is 0 Å². The number of unbranched alkanes of at least 4 members (excludes halogenated alkanes) is 30. The van der Waals surface area contributed by atoms with Gasteiger partial charge in [0.25, 0.3) is 0 Å². The molecule has 0 fully saturated rings. The highest BCUT2D eigenvalue weighted by Crippen LogP contribution is 2.45. The molecule has 0 aliphatic rings. The first-order valence-corrected chi connectivity index (χ1v) is 43.8. The molecule has 104 heavy (non-hydrogen) atoms. The Morgan fingerprint density at radius 3 is 0.846 bits per heavy atom. The Kier molecular flexibility index (Phi) is 73.3. The normalized spacial score (nSPS) is 14.5. The predicted octanol–water partition coefficient (Wildman–Crippen LogP) is 23.9. The summed E-state index contributed by atoms with van der Waals surface area (Å²) in [6, 6.07) is 0. The van der Waals surface area contributed by atoms with Crippen LogP contribution < -0.4 is 0 Å². The zero-order chi connectivity index (χ0) is 76.0. The van der Waals surface area contributed by atoms with Crippen molar-refractivity contribution in [1.82, 2.24) is 0 Å². The molecule has 0 aliphatic carbocycles. The number of carbonyl (C=O) groups is 4. The number of rotatable bonds is 76. The summed E-state index contributed by atoms with van der Waals surface area (Å²) in [6.45, 7) is 4.63. The third-order valence-electron chi connectivity index (χ3n) is 16.9. The van der Waals surface area contributed by atoms with Crippen molar-refractivity contribution >= 4 is 39.5 Å². The van der Waals surface area contributed by atoms with Crippen molar-refractivity contribution in [3.05, 3.63) is 122 Å². The van der Waals surface area contributed by atoms with Crippen LogP contribution in [0.5, 0.6) is 0 Å². The Morgan fingerprint density at radius 1 is 0.279 bits per heavy atom. The Morgan fingerprint density at radius 2 is 0.519 bits per heavy atom. The molecule has 5 atom stereocenters. The van der Waals surface area contributed by atoms with Crippen LogP contribution in [0.1, 0.15) is 336 Å². The van der Waals surface area contributed by atoms with Crippen molar-refractivity contribution in [2.45, 2.75) is 354 Å². The van der Waals surface area contributed by atoms with Crippen molar-refractivity contribution in [3.63, 3.8) is 0 Å². The predicted molar refractivity (Wildman–Crippen MR) is 427 cm³/mol. The summed E-state index contributed by atoms with van der Waals surface area (Å²) in [4.78, 5) is 73.0. The number of carbonyl (C=O) groups excluding carboxylic acids is 4. The molecule has 0 aromatic heterocycles. The van der Waals surface area contributed by atoms with Crippen molar-refractivity contribution in [1.29, 1.82) is 0 Å². The second-order valence-electron chi connectivity index (χ2n) is 27.0. The fourth-order valence-electron chi connectivity index (χ4n) is 10.7. The fourth-order valence-corrected chi connectivity index (χ4v) is 12.3. The third-order valence-corrected chi connectivity index (χ3v) is 18.8. The maximum atomic E-state index is 13.1. The lowest BCUT2D eigenvalue weighted by atomic mass is 10.0. The lowest BCUT2D eigenvalue weighted by molar-refractivity contribution is -0.161. The van der Waals surface area contributed by atoms with Crippen LogP contribution in [-0.2, 0) is 65.4 Å². The van der Waals surface area contributed by atoms with E-state index in [1.807, 2.05) is 18.2 Å². The number of ether oxygens (including phenoxy) is 4. The minimum Gasteiger partial charge on any atom is -0.462 e. The number of phosphoric acid groups is 2. The van der Waals surface area contributed by atoms with E-state index in [0.717, 1.165) is 148 Å². The van der Waals surface area contributed by atoms with E-state index in [1.54, 1.807) is 0 Å². The molecule has 0 aromatic rings. The van der Waals surface area contributed by atoms with E-state index in [9.17, 15) is 43.2 Å². The summed E-state index contributed by atoms with van der Waals surface area (Å²) in [7, 11) is -9.98. The summed E-state index contributed by atoms with van der Waals surface area (Å²) in [5.74, 6) is -2.29. The van der Waals surface area contributed by atoms with Crippen LogP contribution in [0.4, 0.5) is 0 Å². The van der Waals surface area contributed by atoms with Gasteiger partial charge in [-0.25, -0.2) is 9.13 Å². The lowest BCUT2D eigenvalue weighted by Gasteiger charge is -2.21. The standard InChI is InChI=1S/C85H146O17P2/c1-5-9-13-17-21-25-29-33-37-38-39-40-44-46-50-54-58-62-66-70-83(88)96-76-81(102-85(90)72-68-64-60-56-52-48-43-36-32-28-24-20-16-12-8-4)78-100-104(93,94)98-74-79(86)73-97-103(91,92)99-77-80(101-84(89)71-67-63-59-55-51-47-42-35-31-27-23-19-15-11-7-3)75-95-82(87)69-65-61-57-53-49-45-41-34-30-26-22-18-14-10-6-2/h9,13,21-22,24-26,28,33-34,36-37,39-41,43,46,50,58,62,79-81,86H,5-8,10-12,14-20,23,27,29-32,35,38,42,44-45,47-49,51-57,59-61,63-78H2,1-4H3,(H,91,92)(H,93,94)/b13-9-,25-21-,26-22-,28-24-,37-33-,40-39-,41-34-,43-36-,50-46-,62-58-/t79-,80+,81+/m0/s1. The summed E-state index contributed by atoms with van der Waals surface area (Å²) in [5, 5.41) is 10.6.